The summed E-state index contributed by atoms with van der Waals surface area (Å²) in [7, 11) is 0. The van der Waals surface area contributed by atoms with Gasteiger partial charge in [0.2, 0.25) is 5.91 Å². The topological polar surface area (TPSA) is 66.4 Å². The van der Waals surface area contributed by atoms with E-state index in [-0.39, 0.29) is 5.91 Å². The van der Waals surface area contributed by atoms with Gasteiger partial charge in [0.25, 0.3) is 0 Å². The van der Waals surface area contributed by atoms with E-state index in [1.807, 2.05) is 6.92 Å². The number of carbonyl (C=O) groups excluding carboxylic acids is 1. The van der Waals surface area contributed by atoms with Crippen LogP contribution >= 0.6 is 0 Å². The van der Waals surface area contributed by atoms with Crippen LogP contribution in [0.5, 0.6) is 0 Å². The van der Waals surface area contributed by atoms with Crippen molar-refractivity contribution in [3.05, 3.63) is 0 Å². The van der Waals surface area contributed by atoms with E-state index in [1.165, 1.54) is 0 Å². The Balaban J connectivity index is 4.20. The van der Waals surface area contributed by atoms with Gasteiger partial charge in [0.05, 0.1) is 0 Å². The number of amides is 1. The first kappa shape index (κ1) is 14.9. The van der Waals surface area contributed by atoms with Crippen molar-refractivity contribution in [2.45, 2.75) is 53.0 Å². The van der Waals surface area contributed by atoms with E-state index < -0.39 is 12.0 Å². The highest BCUT2D eigenvalue weighted by Crippen LogP contribution is 2.18. The van der Waals surface area contributed by atoms with Crippen molar-refractivity contribution in [1.82, 2.24) is 5.32 Å². The van der Waals surface area contributed by atoms with Crippen LogP contribution in [0.25, 0.3) is 0 Å². The highest BCUT2D eigenvalue weighted by atomic mass is 16.4. The lowest BCUT2D eigenvalue weighted by Crippen LogP contribution is -2.41. The van der Waals surface area contributed by atoms with Gasteiger partial charge in [-0.25, -0.2) is 4.79 Å². The SMILES string of the molecule is CCC(NC(=O)CC(CC)C(C)C)C(=O)O. The van der Waals surface area contributed by atoms with Crippen molar-refractivity contribution in [2.24, 2.45) is 11.8 Å². The Labute approximate surface area is 97.4 Å². The maximum Gasteiger partial charge on any atom is 0.326 e. The van der Waals surface area contributed by atoms with Crippen LogP contribution < -0.4 is 5.32 Å². The standard InChI is InChI=1S/C12H23NO3/c1-5-9(8(3)4)7-11(14)13-10(6-2)12(15)16/h8-10H,5-7H2,1-4H3,(H,13,14)(H,15,16). The molecule has 0 aromatic carbocycles. The maximum atomic E-state index is 11.6. The van der Waals surface area contributed by atoms with Crippen molar-refractivity contribution in [2.75, 3.05) is 0 Å². The minimum Gasteiger partial charge on any atom is -0.480 e. The average Bonchev–Trinajstić information content (AvgIpc) is 2.21. The highest BCUT2D eigenvalue weighted by Gasteiger charge is 2.20. The van der Waals surface area contributed by atoms with Gasteiger partial charge >= 0.3 is 5.97 Å². The third-order valence-electron chi connectivity index (χ3n) is 2.96. The van der Waals surface area contributed by atoms with Gasteiger partial charge in [-0.2, -0.15) is 0 Å². The van der Waals surface area contributed by atoms with Crippen LogP contribution in [0.3, 0.4) is 0 Å². The minimum absolute atomic E-state index is 0.158. The van der Waals surface area contributed by atoms with Crippen LogP contribution in [0.4, 0.5) is 0 Å². The van der Waals surface area contributed by atoms with E-state index >= 15 is 0 Å². The van der Waals surface area contributed by atoms with Crippen molar-refractivity contribution in [3.8, 4) is 0 Å². The number of carboxylic acid groups (broad SMARTS) is 1. The van der Waals surface area contributed by atoms with Crippen molar-refractivity contribution >= 4 is 11.9 Å². The summed E-state index contributed by atoms with van der Waals surface area (Å²) in [6, 6.07) is -0.753. The first-order valence-corrected chi connectivity index (χ1v) is 5.94. The third-order valence-corrected chi connectivity index (χ3v) is 2.96. The Morgan fingerprint density at radius 3 is 2.06 bits per heavy atom. The number of carboxylic acids is 1. The zero-order valence-electron chi connectivity index (χ0n) is 10.6. The predicted molar refractivity (Wildman–Crippen MR) is 63.1 cm³/mol. The molecule has 0 aromatic heterocycles. The molecule has 4 heteroatoms. The van der Waals surface area contributed by atoms with E-state index in [1.54, 1.807) is 6.92 Å². The summed E-state index contributed by atoms with van der Waals surface area (Å²) in [5.74, 6) is -0.352. The molecular formula is C12H23NO3. The van der Waals surface area contributed by atoms with Crippen molar-refractivity contribution < 1.29 is 14.7 Å². The first-order valence-electron chi connectivity index (χ1n) is 5.94. The molecule has 2 unspecified atom stereocenters. The maximum absolute atomic E-state index is 11.6. The van der Waals surface area contributed by atoms with Gasteiger partial charge in [-0.15, -0.1) is 0 Å². The second-order valence-corrected chi connectivity index (χ2v) is 4.48. The van der Waals surface area contributed by atoms with Gasteiger partial charge < -0.3 is 10.4 Å². The van der Waals surface area contributed by atoms with Gasteiger partial charge in [-0.3, -0.25) is 4.79 Å². The fourth-order valence-corrected chi connectivity index (χ4v) is 1.68. The van der Waals surface area contributed by atoms with Crippen molar-refractivity contribution in [1.29, 1.82) is 0 Å². The van der Waals surface area contributed by atoms with Crippen LogP contribution in [0.1, 0.15) is 47.0 Å². The summed E-state index contributed by atoms with van der Waals surface area (Å²) in [5, 5.41) is 11.4. The van der Waals surface area contributed by atoms with Gasteiger partial charge in [-0.05, 0) is 18.3 Å². The van der Waals surface area contributed by atoms with Crippen molar-refractivity contribution in [3.63, 3.8) is 0 Å². The molecule has 0 radical (unpaired) electrons. The number of hydrogen-bond acceptors (Lipinski definition) is 2. The second-order valence-electron chi connectivity index (χ2n) is 4.48. The molecule has 4 nitrogen and oxygen atoms in total. The summed E-state index contributed by atoms with van der Waals surface area (Å²) in [6.07, 6.45) is 1.77. The monoisotopic (exact) mass is 229 g/mol. The lowest BCUT2D eigenvalue weighted by Gasteiger charge is -2.19. The lowest BCUT2D eigenvalue weighted by atomic mass is 9.90. The molecule has 0 fully saturated rings. The molecule has 0 aromatic rings. The fraction of sp³-hybridized carbons (Fsp3) is 0.833. The van der Waals surface area contributed by atoms with E-state index in [4.69, 9.17) is 5.11 Å². The van der Waals surface area contributed by atoms with Gasteiger partial charge in [0.1, 0.15) is 6.04 Å². The van der Waals surface area contributed by atoms with E-state index in [0.717, 1.165) is 6.42 Å². The number of nitrogens with one attached hydrogen (secondary N) is 1. The van der Waals surface area contributed by atoms with Crippen LogP contribution in [0.15, 0.2) is 0 Å². The van der Waals surface area contributed by atoms with Gasteiger partial charge in [-0.1, -0.05) is 34.1 Å². The van der Waals surface area contributed by atoms with Crippen LogP contribution in [-0.4, -0.2) is 23.0 Å². The van der Waals surface area contributed by atoms with Gasteiger partial charge in [0.15, 0.2) is 0 Å². The van der Waals surface area contributed by atoms with E-state index in [2.05, 4.69) is 19.2 Å². The number of aliphatic carboxylic acids is 1. The molecule has 0 heterocycles. The third kappa shape index (κ3) is 5.14. The summed E-state index contributed by atoms with van der Waals surface area (Å²) >= 11 is 0. The van der Waals surface area contributed by atoms with E-state index in [9.17, 15) is 9.59 Å². The predicted octanol–water partition coefficient (Wildman–Crippen LogP) is 2.04. The Morgan fingerprint density at radius 2 is 1.75 bits per heavy atom. The van der Waals surface area contributed by atoms with Crippen LogP contribution in [0, 0.1) is 11.8 Å². The van der Waals surface area contributed by atoms with Crippen LogP contribution in [-0.2, 0) is 9.59 Å². The molecule has 0 rings (SSSR count). The molecule has 0 spiro atoms. The summed E-state index contributed by atoms with van der Waals surface area (Å²) in [6.45, 7) is 7.96. The normalized spacial score (nSPS) is 14.6. The second kappa shape index (κ2) is 7.25. The molecule has 0 aliphatic heterocycles. The highest BCUT2D eigenvalue weighted by molar-refractivity contribution is 5.83. The molecule has 16 heavy (non-hydrogen) atoms. The molecule has 2 atom stereocenters. The Morgan fingerprint density at radius 1 is 1.19 bits per heavy atom. The lowest BCUT2D eigenvalue weighted by molar-refractivity contribution is -0.142. The zero-order chi connectivity index (χ0) is 12.7. The quantitative estimate of drug-likeness (QED) is 0.702. The molecule has 2 N–H and O–H groups in total. The Kier molecular flexibility index (Phi) is 6.77. The van der Waals surface area contributed by atoms with Gasteiger partial charge in [0, 0.05) is 6.42 Å². The Hall–Kier alpha value is -1.06. The first-order chi connectivity index (χ1) is 7.42. The van der Waals surface area contributed by atoms with Crippen LogP contribution in [0.2, 0.25) is 0 Å². The molecule has 0 aliphatic rings. The Bertz CT molecular complexity index is 238. The molecule has 94 valence electrons. The van der Waals surface area contributed by atoms with E-state index in [0.29, 0.717) is 24.7 Å². The number of carbonyl (C=O) groups is 2. The molecule has 0 saturated carbocycles. The molecule has 0 saturated heterocycles. The average molecular weight is 229 g/mol. The zero-order valence-corrected chi connectivity index (χ0v) is 10.6. The number of hydrogen-bond donors (Lipinski definition) is 2. The molecular weight excluding hydrogens is 206 g/mol. The number of rotatable bonds is 7. The largest absolute Gasteiger partial charge is 0.480 e. The minimum atomic E-state index is -0.964. The molecule has 0 bridgehead atoms. The fourth-order valence-electron chi connectivity index (χ4n) is 1.68. The molecule has 0 aliphatic carbocycles. The summed E-state index contributed by atoms with van der Waals surface area (Å²) < 4.78 is 0. The smallest absolute Gasteiger partial charge is 0.326 e. The molecule has 1 amide bonds. The summed E-state index contributed by atoms with van der Waals surface area (Å²) in [4.78, 5) is 22.4. The summed E-state index contributed by atoms with van der Waals surface area (Å²) in [5.41, 5.74) is 0.